The molecule has 0 aromatic heterocycles. The van der Waals surface area contributed by atoms with E-state index in [1.165, 1.54) is 5.56 Å². The maximum absolute atomic E-state index is 10.7. The van der Waals surface area contributed by atoms with Gasteiger partial charge in [0.25, 0.3) is 0 Å². The molecule has 86 valence electrons. The number of benzene rings is 1. The molecule has 1 aliphatic rings. The molecule has 4 heteroatoms. The quantitative estimate of drug-likeness (QED) is 0.832. The predicted octanol–water partition coefficient (Wildman–Crippen LogP) is 1.28. The van der Waals surface area contributed by atoms with Crippen LogP contribution in [0.3, 0.4) is 0 Å². The first-order valence-electron chi connectivity index (χ1n) is 5.29. The van der Waals surface area contributed by atoms with Gasteiger partial charge in [-0.05, 0) is 23.6 Å². The van der Waals surface area contributed by atoms with Crippen molar-refractivity contribution >= 4 is 11.7 Å². The van der Waals surface area contributed by atoms with E-state index in [0.29, 0.717) is 6.61 Å². The summed E-state index contributed by atoms with van der Waals surface area (Å²) in [5, 5.41) is 8.81. The Bertz CT molecular complexity index is 403. The lowest BCUT2D eigenvalue weighted by Gasteiger charge is -2.16. The molecule has 0 radical (unpaired) electrons. The Hall–Kier alpha value is -1.55. The van der Waals surface area contributed by atoms with E-state index in [-0.39, 0.29) is 6.54 Å². The highest BCUT2D eigenvalue weighted by molar-refractivity contribution is 5.75. The molecule has 1 heterocycles. The number of fused-ring (bicyclic) bond motifs is 1. The lowest BCUT2D eigenvalue weighted by molar-refractivity contribution is -0.135. The Kier molecular flexibility index (Phi) is 3.10. The van der Waals surface area contributed by atoms with Gasteiger partial charge in [-0.15, -0.1) is 0 Å². The fourth-order valence-corrected chi connectivity index (χ4v) is 2.19. The van der Waals surface area contributed by atoms with Gasteiger partial charge >= 0.3 is 5.97 Å². The van der Waals surface area contributed by atoms with Gasteiger partial charge in [-0.1, -0.05) is 12.1 Å². The molecule has 0 unspecified atom stereocenters. The predicted molar refractivity (Wildman–Crippen MR) is 60.7 cm³/mol. The van der Waals surface area contributed by atoms with Gasteiger partial charge in [0, 0.05) is 19.3 Å². The van der Waals surface area contributed by atoms with Gasteiger partial charge in [0.05, 0.1) is 6.61 Å². The summed E-state index contributed by atoms with van der Waals surface area (Å²) < 4.78 is 5.13. The SMILES string of the molecule is COCc1cccc2c1CCN2CC(=O)O. The van der Waals surface area contributed by atoms with Crippen LogP contribution in [0.1, 0.15) is 11.1 Å². The molecule has 0 saturated carbocycles. The molecule has 4 nitrogen and oxygen atoms in total. The zero-order chi connectivity index (χ0) is 11.5. The third kappa shape index (κ3) is 2.02. The molecule has 0 bridgehead atoms. The standard InChI is InChI=1S/C12H15NO3/c1-16-8-9-3-2-4-11-10(9)5-6-13(11)7-12(14)15/h2-4H,5-8H2,1H3,(H,14,15). The van der Waals surface area contributed by atoms with E-state index in [9.17, 15) is 4.79 Å². The molecule has 1 N–H and O–H groups in total. The van der Waals surface area contributed by atoms with Gasteiger partial charge in [-0.2, -0.15) is 0 Å². The van der Waals surface area contributed by atoms with Gasteiger partial charge < -0.3 is 14.7 Å². The number of hydrogen-bond acceptors (Lipinski definition) is 3. The van der Waals surface area contributed by atoms with Crippen molar-refractivity contribution in [2.75, 3.05) is 25.1 Å². The monoisotopic (exact) mass is 221 g/mol. The lowest BCUT2D eigenvalue weighted by Crippen LogP contribution is -2.27. The molecule has 2 rings (SSSR count). The summed E-state index contributed by atoms with van der Waals surface area (Å²) in [6.45, 7) is 1.44. The van der Waals surface area contributed by atoms with E-state index >= 15 is 0 Å². The first-order valence-corrected chi connectivity index (χ1v) is 5.29. The van der Waals surface area contributed by atoms with E-state index in [1.807, 2.05) is 23.1 Å². The van der Waals surface area contributed by atoms with Crippen LogP contribution in [0.2, 0.25) is 0 Å². The minimum atomic E-state index is -0.787. The molecule has 0 spiro atoms. The first-order chi connectivity index (χ1) is 7.72. The number of carboxylic acids is 1. The molecule has 0 saturated heterocycles. The number of methoxy groups -OCH3 is 1. The van der Waals surface area contributed by atoms with Gasteiger partial charge in [0.2, 0.25) is 0 Å². The Morgan fingerprint density at radius 3 is 3.06 bits per heavy atom. The van der Waals surface area contributed by atoms with Gasteiger partial charge in [-0.3, -0.25) is 4.79 Å². The number of ether oxygens (including phenoxy) is 1. The molecule has 16 heavy (non-hydrogen) atoms. The van der Waals surface area contributed by atoms with Crippen molar-refractivity contribution in [3.05, 3.63) is 29.3 Å². The third-order valence-corrected chi connectivity index (χ3v) is 2.85. The zero-order valence-electron chi connectivity index (χ0n) is 9.27. The second kappa shape index (κ2) is 4.53. The van der Waals surface area contributed by atoms with Crippen molar-refractivity contribution < 1.29 is 14.6 Å². The van der Waals surface area contributed by atoms with E-state index in [2.05, 4.69) is 0 Å². The van der Waals surface area contributed by atoms with Crippen LogP contribution in [0, 0.1) is 0 Å². The maximum atomic E-state index is 10.7. The van der Waals surface area contributed by atoms with E-state index in [4.69, 9.17) is 9.84 Å². The number of rotatable bonds is 4. The fourth-order valence-electron chi connectivity index (χ4n) is 2.19. The second-order valence-electron chi connectivity index (χ2n) is 3.91. The summed E-state index contributed by atoms with van der Waals surface area (Å²) in [5.41, 5.74) is 3.43. The second-order valence-corrected chi connectivity index (χ2v) is 3.91. The van der Waals surface area contributed by atoms with Crippen LogP contribution < -0.4 is 4.90 Å². The van der Waals surface area contributed by atoms with Gasteiger partial charge in [-0.25, -0.2) is 0 Å². The summed E-state index contributed by atoms with van der Waals surface area (Å²) in [6.07, 6.45) is 0.905. The van der Waals surface area contributed by atoms with Crippen LogP contribution in [0.25, 0.3) is 0 Å². The molecular weight excluding hydrogens is 206 g/mol. The lowest BCUT2D eigenvalue weighted by atomic mass is 10.1. The van der Waals surface area contributed by atoms with Crippen LogP contribution in [0.5, 0.6) is 0 Å². The van der Waals surface area contributed by atoms with Crippen molar-refractivity contribution in [2.45, 2.75) is 13.0 Å². The molecule has 1 aromatic carbocycles. The summed E-state index contributed by atoms with van der Waals surface area (Å²) in [5.74, 6) is -0.787. The minimum Gasteiger partial charge on any atom is -0.480 e. The van der Waals surface area contributed by atoms with Crippen molar-refractivity contribution in [3.63, 3.8) is 0 Å². The van der Waals surface area contributed by atoms with Crippen LogP contribution in [-0.2, 0) is 22.6 Å². The Labute approximate surface area is 94.4 Å². The van der Waals surface area contributed by atoms with Crippen LogP contribution in [0.15, 0.2) is 18.2 Å². The van der Waals surface area contributed by atoms with Crippen molar-refractivity contribution in [3.8, 4) is 0 Å². The summed E-state index contributed by atoms with van der Waals surface area (Å²) in [6, 6.07) is 5.96. The molecule has 0 amide bonds. The minimum absolute atomic E-state index is 0.0729. The summed E-state index contributed by atoms with van der Waals surface area (Å²) >= 11 is 0. The number of nitrogens with zero attached hydrogens (tertiary/aromatic N) is 1. The number of carbonyl (C=O) groups is 1. The van der Waals surface area contributed by atoms with Crippen LogP contribution in [-0.4, -0.2) is 31.3 Å². The molecule has 0 aliphatic carbocycles. The average Bonchev–Trinajstić information content (AvgIpc) is 2.63. The van der Waals surface area contributed by atoms with Crippen molar-refractivity contribution in [1.29, 1.82) is 0 Å². The molecule has 1 aromatic rings. The molecule has 0 fully saturated rings. The van der Waals surface area contributed by atoms with Gasteiger partial charge in [0.1, 0.15) is 6.54 Å². The topological polar surface area (TPSA) is 49.8 Å². The van der Waals surface area contributed by atoms with E-state index in [1.54, 1.807) is 7.11 Å². The Morgan fingerprint density at radius 2 is 2.38 bits per heavy atom. The van der Waals surface area contributed by atoms with Gasteiger partial charge in [0.15, 0.2) is 0 Å². The number of carboxylic acid groups (broad SMARTS) is 1. The van der Waals surface area contributed by atoms with Crippen molar-refractivity contribution in [2.24, 2.45) is 0 Å². The largest absolute Gasteiger partial charge is 0.480 e. The molecule has 1 aliphatic heterocycles. The van der Waals surface area contributed by atoms with Crippen LogP contribution >= 0.6 is 0 Å². The number of anilines is 1. The highest BCUT2D eigenvalue weighted by atomic mass is 16.5. The molecule has 0 atom stereocenters. The average molecular weight is 221 g/mol. The highest BCUT2D eigenvalue weighted by Crippen LogP contribution is 2.30. The fraction of sp³-hybridized carbons (Fsp3) is 0.417. The number of hydrogen-bond donors (Lipinski definition) is 1. The Balaban J connectivity index is 2.26. The first kappa shape index (κ1) is 11.0. The highest BCUT2D eigenvalue weighted by Gasteiger charge is 2.22. The van der Waals surface area contributed by atoms with E-state index < -0.39 is 5.97 Å². The van der Waals surface area contributed by atoms with Crippen LogP contribution in [0.4, 0.5) is 5.69 Å². The number of aliphatic carboxylic acids is 1. The molecular formula is C12H15NO3. The third-order valence-electron chi connectivity index (χ3n) is 2.85. The smallest absolute Gasteiger partial charge is 0.323 e. The summed E-state index contributed by atoms with van der Waals surface area (Å²) in [4.78, 5) is 12.6. The normalized spacial score (nSPS) is 13.9. The van der Waals surface area contributed by atoms with E-state index in [0.717, 1.165) is 24.2 Å². The maximum Gasteiger partial charge on any atom is 0.323 e. The zero-order valence-corrected chi connectivity index (χ0v) is 9.27. The summed E-state index contributed by atoms with van der Waals surface area (Å²) in [7, 11) is 1.67. The van der Waals surface area contributed by atoms with Crippen molar-refractivity contribution in [1.82, 2.24) is 0 Å². The Morgan fingerprint density at radius 1 is 1.56 bits per heavy atom.